The van der Waals surface area contributed by atoms with Crippen molar-refractivity contribution in [3.8, 4) is 0 Å². The summed E-state index contributed by atoms with van der Waals surface area (Å²) >= 11 is 4.35. The fourth-order valence-electron chi connectivity index (χ4n) is 4.56. The molecule has 1 fully saturated rings. The van der Waals surface area contributed by atoms with E-state index in [1.165, 1.54) is 20.9 Å². The molecule has 3 aromatic rings. The summed E-state index contributed by atoms with van der Waals surface area (Å²) in [4.78, 5) is 31.6. The van der Waals surface area contributed by atoms with Gasteiger partial charge < -0.3 is 0 Å². The number of nitrogens with zero attached hydrogens (tertiary/aromatic N) is 3. The number of para-hydroxylation sites is 2. The molecule has 2 aliphatic heterocycles. The summed E-state index contributed by atoms with van der Waals surface area (Å²) in [5, 5.41) is 1.03. The number of fused-ring (bicyclic) bond motifs is 2. The molecular weight excluding hydrogens is 497 g/mol. The molecular formula is C26H23N3O2SSe. The summed E-state index contributed by atoms with van der Waals surface area (Å²) in [6, 6.07) is 21.0. The Hall–Kier alpha value is -2.99. The molecule has 0 radical (unpaired) electrons. The van der Waals surface area contributed by atoms with Crippen molar-refractivity contribution in [1.29, 1.82) is 0 Å². The minimum atomic E-state index is -0.308. The summed E-state index contributed by atoms with van der Waals surface area (Å²) in [5.41, 5.74) is 4.86. The Kier molecular flexibility index (Phi) is 5.16. The summed E-state index contributed by atoms with van der Waals surface area (Å²) in [7, 11) is 3.32. The molecule has 0 saturated carbocycles. The Morgan fingerprint density at radius 3 is 1.88 bits per heavy atom. The van der Waals surface area contributed by atoms with Gasteiger partial charge in [-0.05, 0) is 0 Å². The number of thiophene rings is 1. The van der Waals surface area contributed by atoms with Crippen LogP contribution in [-0.2, 0) is 15.0 Å². The van der Waals surface area contributed by atoms with Crippen LogP contribution in [0.1, 0.15) is 29.9 Å². The van der Waals surface area contributed by atoms with E-state index in [9.17, 15) is 9.59 Å². The summed E-state index contributed by atoms with van der Waals surface area (Å²) < 4.78 is 0.498. The standard InChI is InChI=1S/C26H23N3O2SSe/c1-26(2)18-9-5-7-11-20(18)29(21-12-8-6-10-19(21)26)22-14-13-16(32-22)15-17-23(30)27(3)25(33)28(4)24(17)31/h5-15H,1-4H3. The van der Waals surface area contributed by atoms with Crippen molar-refractivity contribution in [3.05, 3.63) is 82.2 Å². The number of amides is 2. The molecule has 0 N–H and O–H groups in total. The number of carbonyl (C=O) groups is 2. The molecule has 1 saturated heterocycles. The normalized spacial score (nSPS) is 17.3. The molecule has 5 rings (SSSR count). The third kappa shape index (κ3) is 3.31. The van der Waals surface area contributed by atoms with Crippen LogP contribution in [0.4, 0.5) is 16.4 Å². The van der Waals surface area contributed by atoms with Gasteiger partial charge in [0, 0.05) is 0 Å². The first-order chi connectivity index (χ1) is 15.7. The molecule has 0 bridgehead atoms. The first-order valence-electron chi connectivity index (χ1n) is 10.6. The van der Waals surface area contributed by atoms with Crippen molar-refractivity contribution >= 4 is 65.8 Å². The zero-order chi connectivity index (χ0) is 23.5. The predicted octanol–water partition coefficient (Wildman–Crippen LogP) is 4.43. The van der Waals surface area contributed by atoms with Crippen LogP contribution < -0.4 is 4.90 Å². The molecule has 166 valence electrons. The third-order valence-electron chi connectivity index (χ3n) is 6.40. The van der Waals surface area contributed by atoms with E-state index in [1.54, 1.807) is 31.5 Å². The number of carbonyl (C=O) groups excluding carboxylic acids is 2. The number of hydrogen-bond acceptors (Lipinski definition) is 4. The number of benzene rings is 2. The molecule has 7 heteroatoms. The Balaban J connectivity index is 1.61. The van der Waals surface area contributed by atoms with Crippen LogP contribution in [0.2, 0.25) is 0 Å². The van der Waals surface area contributed by atoms with E-state index >= 15 is 0 Å². The third-order valence-corrected chi connectivity index (χ3v) is 8.57. The van der Waals surface area contributed by atoms with Crippen molar-refractivity contribution in [1.82, 2.24) is 9.80 Å². The fourth-order valence-corrected chi connectivity index (χ4v) is 5.89. The molecule has 2 aliphatic rings. The second-order valence-corrected chi connectivity index (χ2v) is 10.6. The molecule has 0 unspecified atom stereocenters. The molecule has 3 heterocycles. The zero-order valence-electron chi connectivity index (χ0n) is 18.8. The predicted molar refractivity (Wildman–Crippen MR) is 135 cm³/mol. The van der Waals surface area contributed by atoms with E-state index < -0.39 is 0 Å². The van der Waals surface area contributed by atoms with Crippen LogP contribution in [0, 0.1) is 0 Å². The van der Waals surface area contributed by atoms with Crippen molar-refractivity contribution < 1.29 is 9.59 Å². The van der Waals surface area contributed by atoms with Crippen LogP contribution >= 0.6 is 11.3 Å². The van der Waals surface area contributed by atoms with E-state index in [0.717, 1.165) is 21.3 Å². The van der Waals surface area contributed by atoms with Crippen LogP contribution in [0.15, 0.2) is 66.2 Å². The number of hydrogen-bond donors (Lipinski definition) is 0. The molecule has 2 aromatic carbocycles. The maximum absolute atomic E-state index is 12.8. The molecule has 0 atom stereocenters. The quantitative estimate of drug-likeness (QED) is 0.286. The first kappa shape index (κ1) is 21.8. The van der Waals surface area contributed by atoms with Gasteiger partial charge in [0.2, 0.25) is 0 Å². The second-order valence-electron chi connectivity index (χ2n) is 8.74. The van der Waals surface area contributed by atoms with Gasteiger partial charge in [0.1, 0.15) is 0 Å². The van der Waals surface area contributed by atoms with Gasteiger partial charge in [-0.1, -0.05) is 26.0 Å². The van der Waals surface area contributed by atoms with E-state index in [4.69, 9.17) is 0 Å². The Labute approximate surface area is 205 Å². The fraction of sp³-hybridized carbons (Fsp3) is 0.192. The second kappa shape index (κ2) is 7.80. The monoisotopic (exact) mass is 521 g/mol. The average molecular weight is 521 g/mol. The Morgan fingerprint density at radius 1 is 0.818 bits per heavy atom. The number of anilines is 3. The van der Waals surface area contributed by atoms with Gasteiger partial charge in [0.05, 0.1) is 0 Å². The minimum absolute atomic E-state index is 0.118. The molecule has 0 aliphatic carbocycles. The van der Waals surface area contributed by atoms with E-state index in [0.29, 0.717) is 4.67 Å². The van der Waals surface area contributed by atoms with Crippen LogP contribution in [0.3, 0.4) is 0 Å². The van der Waals surface area contributed by atoms with Crippen molar-refractivity contribution in [3.63, 3.8) is 0 Å². The first-order valence-corrected chi connectivity index (χ1v) is 12.3. The van der Waals surface area contributed by atoms with E-state index in [1.807, 2.05) is 6.07 Å². The van der Waals surface area contributed by atoms with Crippen LogP contribution in [0.5, 0.6) is 0 Å². The van der Waals surface area contributed by atoms with Gasteiger partial charge in [0.25, 0.3) is 0 Å². The SMILES string of the molecule is CN1C(=O)C(=Cc2ccc(N3c4ccccc4C(C)(C)c4ccccc43)s2)C(=O)N(C)C1=[Se]. The van der Waals surface area contributed by atoms with E-state index in [2.05, 4.69) is 88.9 Å². The molecule has 0 spiro atoms. The summed E-state index contributed by atoms with van der Waals surface area (Å²) in [6.07, 6.45) is 1.70. The van der Waals surface area contributed by atoms with Gasteiger partial charge in [0.15, 0.2) is 0 Å². The Morgan fingerprint density at radius 2 is 1.33 bits per heavy atom. The maximum atomic E-state index is 12.8. The van der Waals surface area contributed by atoms with Gasteiger partial charge in [-0.3, -0.25) is 0 Å². The zero-order valence-corrected chi connectivity index (χ0v) is 21.4. The van der Waals surface area contributed by atoms with Gasteiger partial charge in [-0.2, -0.15) is 0 Å². The summed E-state index contributed by atoms with van der Waals surface area (Å²) in [6.45, 7) is 4.52. The van der Waals surface area contributed by atoms with Crippen molar-refractivity contribution in [2.45, 2.75) is 19.3 Å². The molecule has 33 heavy (non-hydrogen) atoms. The van der Waals surface area contributed by atoms with Crippen LogP contribution in [0.25, 0.3) is 6.08 Å². The molecule has 1 aromatic heterocycles. The van der Waals surface area contributed by atoms with Gasteiger partial charge in [-0.15, -0.1) is 0 Å². The van der Waals surface area contributed by atoms with Gasteiger partial charge in [-0.25, -0.2) is 0 Å². The summed E-state index contributed by atoms with van der Waals surface area (Å²) in [5.74, 6) is -0.616. The number of rotatable bonds is 2. The number of likely N-dealkylation sites (N-methyl/N-ethyl adjacent to an activating group) is 2. The topological polar surface area (TPSA) is 43.9 Å². The van der Waals surface area contributed by atoms with Crippen LogP contribution in [-0.4, -0.2) is 56.0 Å². The molecule has 2 amide bonds. The molecule has 5 nitrogen and oxygen atoms in total. The average Bonchev–Trinajstić information content (AvgIpc) is 3.28. The Bertz CT molecular complexity index is 1280. The van der Waals surface area contributed by atoms with Gasteiger partial charge >= 0.3 is 180 Å². The van der Waals surface area contributed by atoms with E-state index in [-0.39, 0.29) is 22.8 Å². The van der Waals surface area contributed by atoms with Crippen molar-refractivity contribution in [2.75, 3.05) is 19.0 Å². The van der Waals surface area contributed by atoms with Crippen molar-refractivity contribution in [2.24, 2.45) is 0 Å².